The van der Waals surface area contributed by atoms with Crippen LogP contribution in [-0.2, 0) is 11.3 Å². The SMILES string of the molecule is CCC1CCCCN1C(=O)CNCc1ccc(OC)cc1. The van der Waals surface area contributed by atoms with Crippen molar-refractivity contribution in [2.75, 3.05) is 20.2 Å². The van der Waals surface area contributed by atoms with E-state index in [4.69, 9.17) is 4.74 Å². The Balaban J connectivity index is 1.77. The Labute approximate surface area is 127 Å². The highest BCUT2D eigenvalue weighted by Crippen LogP contribution is 2.19. The third-order valence-electron chi connectivity index (χ3n) is 4.18. The van der Waals surface area contributed by atoms with Gasteiger partial charge in [0, 0.05) is 19.1 Å². The van der Waals surface area contributed by atoms with Gasteiger partial charge in [-0.1, -0.05) is 19.1 Å². The molecule has 0 radical (unpaired) electrons. The van der Waals surface area contributed by atoms with Gasteiger partial charge >= 0.3 is 0 Å². The summed E-state index contributed by atoms with van der Waals surface area (Å²) in [6, 6.07) is 8.36. The van der Waals surface area contributed by atoms with Crippen LogP contribution in [0.15, 0.2) is 24.3 Å². The Morgan fingerprint density at radius 1 is 1.33 bits per heavy atom. The fourth-order valence-electron chi connectivity index (χ4n) is 2.91. The zero-order valence-electron chi connectivity index (χ0n) is 13.1. The molecule has 1 heterocycles. The summed E-state index contributed by atoms with van der Waals surface area (Å²) in [5, 5.41) is 3.25. The van der Waals surface area contributed by atoms with E-state index >= 15 is 0 Å². The number of benzene rings is 1. The van der Waals surface area contributed by atoms with Gasteiger partial charge in [0.1, 0.15) is 5.75 Å². The fraction of sp³-hybridized carbons (Fsp3) is 0.588. The molecule has 1 saturated heterocycles. The van der Waals surface area contributed by atoms with E-state index in [2.05, 4.69) is 17.1 Å². The lowest BCUT2D eigenvalue weighted by Gasteiger charge is -2.35. The summed E-state index contributed by atoms with van der Waals surface area (Å²) in [6.07, 6.45) is 4.60. The molecule has 1 aliphatic heterocycles. The number of piperidine rings is 1. The first kappa shape index (κ1) is 15.8. The molecule has 1 unspecified atom stereocenters. The second-order valence-electron chi connectivity index (χ2n) is 5.60. The quantitative estimate of drug-likeness (QED) is 0.875. The van der Waals surface area contributed by atoms with E-state index in [-0.39, 0.29) is 5.91 Å². The van der Waals surface area contributed by atoms with Crippen molar-refractivity contribution in [1.82, 2.24) is 10.2 Å². The van der Waals surface area contributed by atoms with Gasteiger partial charge in [-0.05, 0) is 43.4 Å². The second kappa shape index (κ2) is 8.03. The van der Waals surface area contributed by atoms with E-state index in [1.807, 2.05) is 24.3 Å². The third-order valence-corrected chi connectivity index (χ3v) is 4.18. The number of hydrogen-bond acceptors (Lipinski definition) is 3. The van der Waals surface area contributed by atoms with Crippen LogP contribution >= 0.6 is 0 Å². The molecule has 2 rings (SSSR count). The van der Waals surface area contributed by atoms with E-state index in [9.17, 15) is 4.79 Å². The molecular formula is C17H26N2O2. The van der Waals surface area contributed by atoms with Crippen molar-refractivity contribution >= 4 is 5.91 Å². The van der Waals surface area contributed by atoms with Crippen molar-refractivity contribution in [2.24, 2.45) is 0 Å². The highest BCUT2D eigenvalue weighted by Gasteiger charge is 2.24. The van der Waals surface area contributed by atoms with Gasteiger partial charge in [0.2, 0.25) is 5.91 Å². The normalized spacial score (nSPS) is 18.6. The second-order valence-corrected chi connectivity index (χ2v) is 5.60. The third kappa shape index (κ3) is 4.46. The number of rotatable bonds is 6. The van der Waals surface area contributed by atoms with Gasteiger partial charge < -0.3 is 15.0 Å². The molecule has 0 bridgehead atoms. The number of likely N-dealkylation sites (tertiary alicyclic amines) is 1. The van der Waals surface area contributed by atoms with Crippen molar-refractivity contribution in [2.45, 2.75) is 45.2 Å². The molecular weight excluding hydrogens is 264 g/mol. The van der Waals surface area contributed by atoms with Crippen molar-refractivity contribution in [3.05, 3.63) is 29.8 Å². The Morgan fingerprint density at radius 2 is 2.10 bits per heavy atom. The van der Waals surface area contributed by atoms with Gasteiger partial charge in [0.25, 0.3) is 0 Å². The van der Waals surface area contributed by atoms with Crippen LogP contribution in [-0.4, -0.2) is 37.0 Å². The van der Waals surface area contributed by atoms with Gasteiger partial charge in [-0.3, -0.25) is 4.79 Å². The van der Waals surface area contributed by atoms with Crippen LogP contribution in [0, 0.1) is 0 Å². The molecule has 0 aromatic heterocycles. The van der Waals surface area contributed by atoms with Crippen LogP contribution in [0.5, 0.6) is 5.75 Å². The van der Waals surface area contributed by atoms with Crippen molar-refractivity contribution < 1.29 is 9.53 Å². The maximum Gasteiger partial charge on any atom is 0.236 e. The van der Waals surface area contributed by atoms with Crippen LogP contribution in [0.25, 0.3) is 0 Å². The summed E-state index contributed by atoms with van der Waals surface area (Å²) < 4.78 is 5.13. The summed E-state index contributed by atoms with van der Waals surface area (Å²) in [7, 11) is 1.66. The number of ether oxygens (including phenoxy) is 1. The van der Waals surface area contributed by atoms with Crippen molar-refractivity contribution in [3.63, 3.8) is 0 Å². The minimum absolute atomic E-state index is 0.232. The molecule has 0 spiro atoms. The highest BCUT2D eigenvalue weighted by atomic mass is 16.5. The van der Waals surface area contributed by atoms with Gasteiger partial charge in [-0.15, -0.1) is 0 Å². The summed E-state index contributed by atoms with van der Waals surface area (Å²) in [5.41, 5.74) is 1.16. The number of methoxy groups -OCH3 is 1. The average molecular weight is 290 g/mol. The topological polar surface area (TPSA) is 41.6 Å². The lowest BCUT2D eigenvalue weighted by molar-refractivity contribution is -0.134. The van der Waals surface area contributed by atoms with Crippen molar-refractivity contribution in [3.8, 4) is 5.75 Å². The van der Waals surface area contributed by atoms with Gasteiger partial charge in [-0.25, -0.2) is 0 Å². The van der Waals surface area contributed by atoms with Gasteiger partial charge in [-0.2, -0.15) is 0 Å². The number of nitrogens with one attached hydrogen (secondary N) is 1. The smallest absolute Gasteiger partial charge is 0.236 e. The molecule has 1 fully saturated rings. The average Bonchev–Trinajstić information content (AvgIpc) is 2.55. The van der Waals surface area contributed by atoms with E-state index in [1.165, 1.54) is 6.42 Å². The molecule has 21 heavy (non-hydrogen) atoms. The minimum Gasteiger partial charge on any atom is -0.497 e. The number of nitrogens with zero attached hydrogens (tertiary/aromatic N) is 1. The maximum atomic E-state index is 12.3. The number of hydrogen-bond donors (Lipinski definition) is 1. The first-order chi connectivity index (χ1) is 10.2. The minimum atomic E-state index is 0.232. The highest BCUT2D eigenvalue weighted by molar-refractivity contribution is 5.78. The predicted octanol–water partition coefficient (Wildman–Crippen LogP) is 2.58. The number of carbonyl (C=O) groups excluding carboxylic acids is 1. The molecule has 0 aliphatic carbocycles. The first-order valence-electron chi connectivity index (χ1n) is 7.87. The summed E-state index contributed by atoms with van der Waals surface area (Å²) in [5.74, 6) is 1.09. The Bertz CT molecular complexity index is 445. The number of carbonyl (C=O) groups is 1. The largest absolute Gasteiger partial charge is 0.497 e. The summed E-state index contributed by atoms with van der Waals surface area (Å²) in [4.78, 5) is 14.4. The van der Waals surface area contributed by atoms with Crippen LogP contribution in [0.1, 0.15) is 38.2 Å². The molecule has 1 aromatic carbocycles. The van der Waals surface area contributed by atoms with Crippen LogP contribution in [0.3, 0.4) is 0 Å². The molecule has 1 aromatic rings. The molecule has 4 heteroatoms. The lowest BCUT2D eigenvalue weighted by atomic mass is 10.00. The molecule has 4 nitrogen and oxygen atoms in total. The van der Waals surface area contributed by atoms with Crippen molar-refractivity contribution in [1.29, 1.82) is 0 Å². The van der Waals surface area contributed by atoms with E-state index in [1.54, 1.807) is 7.11 Å². The molecule has 0 saturated carbocycles. The summed E-state index contributed by atoms with van der Waals surface area (Å²) in [6.45, 7) is 4.21. The fourth-order valence-corrected chi connectivity index (χ4v) is 2.91. The summed E-state index contributed by atoms with van der Waals surface area (Å²) >= 11 is 0. The molecule has 1 atom stereocenters. The molecule has 1 aliphatic rings. The monoisotopic (exact) mass is 290 g/mol. The Kier molecular flexibility index (Phi) is 6.05. The standard InChI is InChI=1S/C17H26N2O2/c1-3-15-6-4-5-11-19(15)17(20)13-18-12-14-7-9-16(21-2)10-8-14/h7-10,15,18H,3-6,11-13H2,1-2H3. The molecule has 116 valence electrons. The number of amides is 1. The van der Waals surface area contributed by atoms with Crippen LogP contribution in [0.4, 0.5) is 0 Å². The Hall–Kier alpha value is -1.55. The van der Waals surface area contributed by atoms with E-state index in [0.29, 0.717) is 19.1 Å². The zero-order chi connectivity index (χ0) is 15.1. The first-order valence-corrected chi connectivity index (χ1v) is 7.87. The predicted molar refractivity (Wildman–Crippen MR) is 84.3 cm³/mol. The molecule has 1 N–H and O–H groups in total. The Morgan fingerprint density at radius 3 is 2.76 bits per heavy atom. The van der Waals surface area contributed by atoms with Crippen LogP contribution < -0.4 is 10.1 Å². The van der Waals surface area contributed by atoms with Gasteiger partial charge in [0.05, 0.1) is 13.7 Å². The lowest BCUT2D eigenvalue weighted by Crippen LogP contribution is -2.46. The van der Waals surface area contributed by atoms with Crippen LogP contribution in [0.2, 0.25) is 0 Å². The van der Waals surface area contributed by atoms with E-state index in [0.717, 1.165) is 37.1 Å². The zero-order valence-corrected chi connectivity index (χ0v) is 13.1. The van der Waals surface area contributed by atoms with E-state index < -0.39 is 0 Å². The maximum absolute atomic E-state index is 12.3. The van der Waals surface area contributed by atoms with Gasteiger partial charge in [0.15, 0.2) is 0 Å². The molecule has 1 amide bonds.